The van der Waals surface area contributed by atoms with Gasteiger partial charge in [0.15, 0.2) is 0 Å². The number of likely N-dealkylation sites (N-methyl/N-ethyl adjacent to an activating group) is 1. The van der Waals surface area contributed by atoms with Gasteiger partial charge in [0.05, 0.1) is 12.6 Å². The first kappa shape index (κ1) is 12.5. The van der Waals surface area contributed by atoms with Crippen molar-refractivity contribution in [2.45, 2.75) is 32.7 Å². The summed E-state index contributed by atoms with van der Waals surface area (Å²) in [5, 5.41) is 6.05. The van der Waals surface area contributed by atoms with Crippen LogP contribution in [0.25, 0.3) is 0 Å². The molecule has 0 spiro atoms. The predicted molar refractivity (Wildman–Crippen MR) is 59.7 cm³/mol. The van der Waals surface area contributed by atoms with Crippen LogP contribution in [0.3, 0.4) is 0 Å². The van der Waals surface area contributed by atoms with Gasteiger partial charge in [0.2, 0.25) is 5.91 Å². The third-order valence-corrected chi connectivity index (χ3v) is 2.71. The number of hydrogen-bond donors (Lipinski definition) is 2. The molecule has 15 heavy (non-hydrogen) atoms. The number of ether oxygens (including phenoxy) is 1. The van der Waals surface area contributed by atoms with E-state index in [9.17, 15) is 4.79 Å². The van der Waals surface area contributed by atoms with E-state index in [-0.39, 0.29) is 11.9 Å². The van der Waals surface area contributed by atoms with Crippen molar-refractivity contribution in [1.29, 1.82) is 0 Å². The van der Waals surface area contributed by atoms with E-state index in [2.05, 4.69) is 10.6 Å². The molecule has 88 valence electrons. The van der Waals surface area contributed by atoms with E-state index in [4.69, 9.17) is 4.74 Å². The van der Waals surface area contributed by atoms with Crippen LogP contribution >= 0.6 is 0 Å². The summed E-state index contributed by atoms with van der Waals surface area (Å²) in [5.74, 6) is 0.643. The molecule has 0 aromatic carbocycles. The highest BCUT2D eigenvalue weighted by Gasteiger charge is 2.16. The van der Waals surface area contributed by atoms with Gasteiger partial charge >= 0.3 is 0 Å². The minimum absolute atomic E-state index is 0.0780. The molecular formula is C11H22N2O2. The number of rotatable bonds is 5. The molecule has 0 bridgehead atoms. The lowest BCUT2D eigenvalue weighted by Gasteiger charge is -2.23. The lowest BCUT2D eigenvalue weighted by atomic mass is 10.0. The second kappa shape index (κ2) is 6.80. The minimum Gasteiger partial charge on any atom is -0.381 e. The molecule has 4 nitrogen and oxygen atoms in total. The molecule has 2 atom stereocenters. The molecule has 0 radical (unpaired) electrons. The van der Waals surface area contributed by atoms with Crippen molar-refractivity contribution < 1.29 is 9.53 Å². The maximum absolute atomic E-state index is 11.4. The molecule has 4 heteroatoms. The fourth-order valence-corrected chi connectivity index (χ4v) is 1.73. The maximum Gasteiger partial charge on any atom is 0.236 e. The van der Waals surface area contributed by atoms with Crippen molar-refractivity contribution in [3.05, 3.63) is 0 Å². The highest BCUT2D eigenvalue weighted by molar-refractivity contribution is 5.81. The lowest BCUT2D eigenvalue weighted by Crippen LogP contribution is -2.44. The fraction of sp³-hybridized carbons (Fsp3) is 0.909. The summed E-state index contributed by atoms with van der Waals surface area (Å²) in [7, 11) is 0. The van der Waals surface area contributed by atoms with Crippen LogP contribution in [0, 0.1) is 5.92 Å². The summed E-state index contributed by atoms with van der Waals surface area (Å²) in [6, 6.07) is -0.105. The van der Waals surface area contributed by atoms with Gasteiger partial charge in [-0.1, -0.05) is 0 Å². The van der Waals surface area contributed by atoms with Crippen LogP contribution < -0.4 is 10.6 Å². The summed E-state index contributed by atoms with van der Waals surface area (Å²) < 4.78 is 5.38. The zero-order chi connectivity index (χ0) is 11.1. The first-order chi connectivity index (χ1) is 7.24. The molecule has 0 saturated carbocycles. The summed E-state index contributed by atoms with van der Waals surface area (Å²) in [6.45, 7) is 7.11. The number of nitrogens with one attached hydrogen (secondary N) is 2. The topological polar surface area (TPSA) is 50.4 Å². The monoisotopic (exact) mass is 214 g/mol. The second-order valence-electron chi connectivity index (χ2n) is 4.11. The average Bonchev–Trinajstić information content (AvgIpc) is 2.27. The number of carbonyl (C=O) groups is 1. The first-order valence-electron chi connectivity index (χ1n) is 5.83. The molecule has 1 rings (SSSR count). The molecule has 1 fully saturated rings. The Labute approximate surface area is 91.8 Å². The Morgan fingerprint density at radius 3 is 3.00 bits per heavy atom. The molecule has 0 aromatic heterocycles. The van der Waals surface area contributed by atoms with Crippen molar-refractivity contribution in [2.24, 2.45) is 5.92 Å². The third-order valence-electron chi connectivity index (χ3n) is 2.71. The van der Waals surface area contributed by atoms with Gasteiger partial charge in [0.25, 0.3) is 0 Å². The summed E-state index contributed by atoms with van der Waals surface area (Å²) >= 11 is 0. The van der Waals surface area contributed by atoms with Gasteiger partial charge in [-0.3, -0.25) is 4.79 Å². The standard InChI is InChI=1S/C11H22N2O2/c1-3-12-11(14)9(2)13-7-10-5-4-6-15-8-10/h9-10,13H,3-8H2,1-2H3,(H,12,14). The Balaban J connectivity index is 2.14. The zero-order valence-corrected chi connectivity index (χ0v) is 9.71. The van der Waals surface area contributed by atoms with Crippen LogP contribution in [0.1, 0.15) is 26.7 Å². The van der Waals surface area contributed by atoms with E-state index in [0.29, 0.717) is 12.5 Å². The fourth-order valence-electron chi connectivity index (χ4n) is 1.73. The van der Waals surface area contributed by atoms with E-state index < -0.39 is 0 Å². The van der Waals surface area contributed by atoms with Crippen LogP contribution in [-0.4, -0.2) is 38.3 Å². The van der Waals surface area contributed by atoms with E-state index >= 15 is 0 Å². The maximum atomic E-state index is 11.4. The van der Waals surface area contributed by atoms with Gasteiger partial charge in [-0.05, 0) is 32.6 Å². The summed E-state index contributed by atoms with van der Waals surface area (Å²) in [6.07, 6.45) is 2.34. The van der Waals surface area contributed by atoms with Gasteiger partial charge in [-0.25, -0.2) is 0 Å². The van der Waals surface area contributed by atoms with Crippen LogP contribution in [-0.2, 0) is 9.53 Å². The van der Waals surface area contributed by atoms with Gasteiger partial charge in [0.1, 0.15) is 0 Å². The third kappa shape index (κ3) is 4.62. The second-order valence-corrected chi connectivity index (χ2v) is 4.11. The Bertz CT molecular complexity index is 191. The molecule has 1 aliphatic heterocycles. The molecule has 0 aromatic rings. The van der Waals surface area contributed by atoms with E-state index in [1.54, 1.807) is 0 Å². The van der Waals surface area contributed by atoms with Gasteiger partial charge in [-0.2, -0.15) is 0 Å². The van der Waals surface area contributed by atoms with Crippen molar-refractivity contribution in [1.82, 2.24) is 10.6 Å². The Morgan fingerprint density at radius 2 is 2.40 bits per heavy atom. The highest BCUT2D eigenvalue weighted by Crippen LogP contribution is 2.12. The quantitative estimate of drug-likeness (QED) is 0.702. The van der Waals surface area contributed by atoms with Crippen LogP contribution in [0.2, 0.25) is 0 Å². The van der Waals surface area contributed by atoms with E-state index in [1.807, 2.05) is 13.8 Å². The highest BCUT2D eigenvalue weighted by atomic mass is 16.5. The van der Waals surface area contributed by atoms with Crippen LogP contribution in [0.4, 0.5) is 0 Å². The molecular weight excluding hydrogens is 192 g/mol. The molecule has 0 aliphatic carbocycles. The van der Waals surface area contributed by atoms with Gasteiger partial charge in [0, 0.05) is 19.7 Å². The Kier molecular flexibility index (Phi) is 5.65. The molecule has 2 unspecified atom stereocenters. The van der Waals surface area contributed by atoms with Gasteiger partial charge < -0.3 is 15.4 Å². The molecule has 1 saturated heterocycles. The smallest absolute Gasteiger partial charge is 0.236 e. The molecule has 1 heterocycles. The van der Waals surface area contributed by atoms with Crippen LogP contribution in [0.5, 0.6) is 0 Å². The predicted octanol–water partition coefficient (Wildman–Crippen LogP) is 0.527. The molecule has 2 N–H and O–H groups in total. The van der Waals surface area contributed by atoms with Crippen molar-refractivity contribution >= 4 is 5.91 Å². The van der Waals surface area contributed by atoms with Crippen molar-refractivity contribution in [2.75, 3.05) is 26.3 Å². The largest absolute Gasteiger partial charge is 0.381 e. The average molecular weight is 214 g/mol. The van der Waals surface area contributed by atoms with E-state index in [1.165, 1.54) is 6.42 Å². The van der Waals surface area contributed by atoms with Crippen LogP contribution in [0.15, 0.2) is 0 Å². The van der Waals surface area contributed by atoms with E-state index in [0.717, 1.165) is 26.2 Å². The number of carbonyl (C=O) groups excluding carboxylic acids is 1. The number of amides is 1. The minimum atomic E-state index is -0.105. The normalized spacial score (nSPS) is 23.5. The number of hydrogen-bond acceptors (Lipinski definition) is 3. The first-order valence-corrected chi connectivity index (χ1v) is 5.83. The molecule has 1 aliphatic rings. The Hall–Kier alpha value is -0.610. The lowest BCUT2D eigenvalue weighted by molar-refractivity contribution is -0.122. The van der Waals surface area contributed by atoms with Crippen molar-refractivity contribution in [3.63, 3.8) is 0 Å². The zero-order valence-electron chi connectivity index (χ0n) is 9.71. The van der Waals surface area contributed by atoms with Crippen molar-refractivity contribution in [3.8, 4) is 0 Å². The SMILES string of the molecule is CCNC(=O)C(C)NCC1CCCOC1. The molecule has 1 amide bonds. The summed E-state index contributed by atoms with van der Waals surface area (Å²) in [5.41, 5.74) is 0. The summed E-state index contributed by atoms with van der Waals surface area (Å²) in [4.78, 5) is 11.4. The Morgan fingerprint density at radius 1 is 1.60 bits per heavy atom. The van der Waals surface area contributed by atoms with Gasteiger partial charge in [-0.15, -0.1) is 0 Å².